The number of nitrogens with zero attached hydrogens (tertiary/aromatic N) is 3. The zero-order valence-corrected chi connectivity index (χ0v) is 13.5. The van der Waals surface area contributed by atoms with Crippen molar-refractivity contribution >= 4 is 51.0 Å². The third kappa shape index (κ3) is 2.56. The lowest BCUT2D eigenvalue weighted by Gasteiger charge is -2.09. The Hall–Kier alpha value is -1.80. The van der Waals surface area contributed by atoms with Crippen molar-refractivity contribution in [1.82, 2.24) is 15.0 Å². The first-order chi connectivity index (χ1) is 10.1. The van der Waals surface area contributed by atoms with E-state index in [0.29, 0.717) is 22.3 Å². The molecule has 2 heterocycles. The summed E-state index contributed by atoms with van der Waals surface area (Å²) >= 11 is 7.98. The van der Waals surface area contributed by atoms with Crippen LogP contribution in [-0.2, 0) is 0 Å². The van der Waals surface area contributed by atoms with Gasteiger partial charge in [-0.1, -0.05) is 18.2 Å². The minimum Gasteiger partial charge on any atom is -0.366 e. The number of benzene rings is 1. The van der Waals surface area contributed by atoms with Crippen molar-refractivity contribution in [3.8, 4) is 11.3 Å². The zero-order valence-electron chi connectivity index (χ0n) is 10.5. The molecule has 0 unspecified atom stereocenters. The van der Waals surface area contributed by atoms with Crippen LogP contribution >= 0.6 is 34.2 Å². The second kappa shape index (κ2) is 5.53. The van der Waals surface area contributed by atoms with E-state index in [4.69, 9.17) is 17.3 Å². The SMILES string of the molecule is NC(=O)c1ccccc1-c1ncc(I)c2nc(Cl)ncc12. The van der Waals surface area contributed by atoms with Gasteiger partial charge in [0.1, 0.15) is 0 Å². The minimum absolute atomic E-state index is 0.167. The maximum Gasteiger partial charge on any atom is 0.249 e. The highest BCUT2D eigenvalue weighted by molar-refractivity contribution is 14.1. The summed E-state index contributed by atoms with van der Waals surface area (Å²) in [5.74, 6) is -0.506. The van der Waals surface area contributed by atoms with E-state index in [-0.39, 0.29) is 5.28 Å². The molecule has 0 aliphatic rings. The predicted octanol–water partition coefficient (Wildman–Crippen LogP) is 3.05. The highest BCUT2D eigenvalue weighted by Crippen LogP contribution is 2.30. The summed E-state index contributed by atoms with van der Waals surface area (Å²) in [5.41, 5.74) is 7.79. The third-order valence-corrected chi connectivity index (χ3v) is 3.97. The Balaban J connectivity index is 2.37. The van der Waals surface area contributed by atoms with E-state index in [1.165, 1.54) is 0 Å². The second-order valence-electron chi connectivity index (χ2n) is 4.27. The van der Waals surface area contributed by atoms with Gasteiger partial charge in [0.15, 0.2) is 0 Å². The van der Waals surface area contributed by atoms with Gasteiger partial charge in [-0.3, -0.25) is 9.78 Å². The fourth-order valence-electron chi connectivity index (χ4n) is 2.09. The summed E-state index contributed by atoms with van der Waals surface area (Å²) in [4.78, 5) is 24.2. The molecule has 0 saturated carbocycles. The van der Waals surface area contributed by atoms with Gasteiger partial charge in [0.25, 0.3) is 0 Å². The van der Waals surface area contributed by atoms with Crippen LogP contribution in [0, 0.1) is 3.57 Å². The number of amides is 1. The monoisotopic (exact) mass is 410 g/mol. The Morgan fingerprint density at radius 2 is 1.95 bits per heavy atom. The molecule has 3 rings (SSSR count). The number of rotatable bonds is 2. The van der Waals surface area contributed by atoms with E-state index < -0.39 is 5.91 Å². The van der Waals surface area contributed by atoms with Crippen molar-refractivity contribution in [2.24, 2.45) is 5.73 Å². The van der Waals surface area contributed by atoms with Gasteiger partial charge >= 0.3 is 0 Å². The number of aromatic nitrogens is 3. The van der Waals surface area contributed by atoms with Crippen LogP contribution in [0.25, 0.3) is 22.2 Å². The molecule has 104 valence electrons. The highest BCUT2D eigenvalue weighted by atomic mass is 127. The summed E-state index contributed by atoms with van der Waals surface area (Å²) in [6.45, 7) is 0. The molecule has 0 spiro atoms. The Labute approximate surface area is 138 Å². The van der Waals surface area contributed by atoms with Gasteiger partial charge in [-0.15, -0.1) is 0 Å². The topological polar surface area (TPSA) is 81.8 Å². The zero-order chi connectivity index (χ0) is 15.0. The molecule has 5 nitrogen and oxygen atoms in total. The van der Waals surface area contributed by atoms with Crippen LogP contribution in [0.3, 0.4) is 0 Å². The van der Waals surface area contributed by atoms with Crippen LogP contribution in [0.2, 0.25) is 5.28 Å². The Morgan fingerprint density at radius 3 is 2.71 bits per heavy atom. The van der Waals surface area contributed by atoms with Crippen LogP contribution in [0.4, 0.5) is 0 Å². The van der Waals surface area contributed by atoms with Crippen molar-refractivity contribution in [3.63, 3.8) is 0 Å². The van der Waals surface area contributed by atoms with E-state index in [9.17, 15) is 4.79 Å². The average molecular weight is 411 g/mol. The molecule has 21 heavy (non-hydrogen) atoms. The van der Waals surface area contributed by atoms with E-state index in [0.717, 1.165) is 8.96 Å². The second-order valence-corrected chi connectivity index (χ2v) is 5.77. The van der Waals surface area contributed by atoms with Crippen molar-refractivity contribution in [2.75, 3.05) is 0 Å². The van der Waals surface area contributed by atoms with Gasteiger partial charge in [-0.2, -0.15) is 0 Å². The van der Waals surface area contributed by atoms with Gasteiger partial charge in [-0.25, -0.2) is 9.97 Å². The molecule has 1 aromatic carbocycles. The lowest BCUT2D eigenvalue weighted by Crippen LogP contribution is -2.12. The van der Waals surface area contributed by atoms with Gasteiger partial charge in [0.2, 0.25) is 11.2 Å². The fourth-order valence-corrected chi connectivity index (χ4v) is 2.77. The third-order valence-electron chi connectivity index (χ3n) is 3.00. The highest BCUT2D eigenvalue weighted by Gasteiger charge is 2.15. The summed E-state index contributed by atoms with van der Waals surface area (Å²) in [5, 5.41) is 0.890. The van der Waals surface area contributed by atoms with Gasteiger partial charge in [0.05, 0.1) is 14.8 Å². The van der Waals surface area contributed by atoms with Crippen molar-refractivity contribution < 1.29 is 4.79 Å². The number of hydrogen-bond donors (Lipinski definition) is 1. The molecule has 0 bridgehead atoms. The molecule has 0 saturated heterocycles. The van der Waals surface area contributed by atoms with E-state index >= 15 is 0 Å². The number of hydrogen-bond acceptors (Lipinski definition) is 4. The van der Waals surface area contributed by atoms with E-state index in [1.54, 1.807) is 30.6 Å². The number of carbonyl (C=O) groups excluding carboxylic acids is 1. The molecule has 0 aliphatic heterocycles. The Kier molecular flexibility index (Phi) is 3.73. The smallest absolute Gasteiger partial charge is 0.249 e. The quantitative estimate of drug-likeness (QED) is 0.520. The lowest BCUT2D eigenvalue weighted by molar-refractivity contribution is 0.100. The maximum atomic E-state index is 11.6. The summed E-state index contributed by atoms with van der Waals surface area (Å²) in [6.07, 6.45) is 3.28. The van der Waals surface area contributed by atoms with Crippen LogP contribution in [0.5, 0.6) is 0 Å². The largest absolute Gasteiger partial charge is 0.366 e. The van der Waals surface area contributed by atoms with Crippen molar-refractivity contribution in [3.05, 3.63) is 51.1 Å². The number of primary amides is 1. The first kappa shape index (κ1) is 14.2. The molecule has 3 aromatic rings. The number of halogens is 2. The number of pyridine rings is 1. The van der Waals surface area contributed by atoms with Gasteiger partial charge in [0, 0.05) is 28.9 Å². The number of nitrogens with two attached hydrogens (primary N) is 1. The first-order valence-electron chi connectivity index (χ1n) is 5.94. The molecular weight excluding hydrogens is 403 g/mol. The van der Waals surface area contributed by atoms with E-state index in [2.05, 4.69) is 37.5 Å². The predicted molar refractivity (Wildman–Crippen MR) is 89.0 cm³/mol. The molecular formula is C14H8ClIN4O. The van der Waals surface area contributed by atoms with Gasteiger partial charge < -0.3 is 5.73 Å². The lowest BCUT2D eigenvalue weighted by atomic mass is 10.0. The molecule has 7 heteroatoms. The molecule has 1 amide bonds. The maximum absolute atomic E-state index is 11.6. The minimum atomic E-state index is -0.506. The van der Waals surface area contributed by atoms with E-state index in [1.807, 2.05) is 6.07 Å². The molecule has 0 fully saturated rings. The molecule has 0 radical (unpaired) electrons. The molecule has 2 N–H and O–H groups in total. The van der Waals surface area contributed by atoms with Crippen LogP contribution in [0.15, 0.2) is 36.7 Å². The van der Waals surface area contributed by atoms with Crippen LogP contribution in [0.1, 0.15) is 10.4 Å². The van der Waals surface area contributed by atoms with Crippen molar-refractivity contribution in [2.45, 2.75) is 0 Å². The summed E-state index contributed by atoms with van der Waals surface area (Å²) in [7, 11) is 0. The van der Waals surface area contributed by atoms with Crippen LogP contribution in [-0.4, -0.2) is 20.9 Å². The fraction of sp³-hybridized carbons (Fsp3) is 0. The normalized spacial score (nSPS) is 10.8. The Morgan fingerprint density at radius 1 is 1.19 bits per heavy atom. The summed E-state index contributed by atoms with van der Waals surface area (Å²) in [6, 6.07) is 7.04. The summed E-state index contributed by atoms with van der Waals surface area (Å²) < 4.78 is 0.854. The van der Waals surface area contributed by atoms with Gasteiger partial charge in [-0.05, 0) is 40.3 Å². The Bertz CT molecular complexity index is 869. The average Bonchev–Trinajstić information content (AvgIpc) is 2.48. The standard InChI is InChI=1S/C14H8ClIN4O/c15-14-19-5-9-11(18-6-10(16)12(9)20-14)7-3-1-2-4-8(7)13(17)21/h1-6H,(H2,17,21). The first-order valence-corrected chi connectivity index (χ1v) is 7.39. The molecule has 2 aromatic heterocycles. The number of fused-ring (bicyclic) bond motifs is 1. The van der Waals surface area contributed by atoms with Crippen LogP contribution < -0.4 is 5.73 Å². The number of carbonyl (C=O) groups is 1. The van der Waals surface area contributed by atoms with Crippen molar-refractivity contribution in [1.29, 1.82) is 0 Å². The molecule has 0 atom stereocenters. The molecule has 0 aliphatic carbocycles.